The van der Waals surface area contributed by atoms with Gasteiger partial charge in [-0.2, -0.15) is 13.2 Å². The maximum absolute atomic E-state index is 13.5. The van der Waals surface area contributed by atoms with Crippen molar-refractivity contribution in [3.8, 4) is 11.5 Å². The van der Waals surface area contributed by atoms with Crippen molar-refractivity contribution in [3.05, 3.63) is 59.7 Å². The molecular weight excluding hydrogens is 369 g/mol. The molecule has 0 N–H and O–H groups in total. The molecule has 2 fully saturated rings. The minimum atomic E-state index is -4.56. The summed E-state index contributed by atoms with van der Waals surface area (Å²) in [7, 11) is 0. The summed E-state index contributed by atoms with van der Waals surface area (Å²) in [4.78, 5) is 12.4. The highest BCUT2D eigenvalue weighted by Crippen LogP contribution is 2.53. The van der Waals surface area contributed by atoms with Crippen molar-refractivity contribution >= 4 is 5.97 Å². The molecule has 0 saturated heterocycles. The molecule has 28 heavy (non-hydrogen) atoms. The molecule has 0 aromatic heterocycles. The molecule has 0 spiro atoms. The normalized spacial score (nSPS) is 26.3. The summed E-state index contributed by atoms with van der Waals surface area (Å²) >= 11 is 0. The fraction of sp³-hybridized carbons (Fsp3) is 0.409. The van der Waals surface area contributed by atoms with Crippen molar-refractivity contribution in [3.63, 3.8) is 0 Å². The number of hydrogen-bond acceptors (Lipinski definition) is 3. The van der Waals surface area contributed by atoms with Crippen LogP contribution < -0.4 is 9.47 Å². The summed E-state index contributed by atoms with van der Waals surface area (Å²) < 4.78 is 51.8. The first-order valence-electron chi connectivity index (χ1n) is 9.42. The van der Waals surface area contributed by atoms with Gasteiger partial charge in [0.1, 0.15) is 17.1 Å². The third-order valence-electron chi connectivity index (χ3n) is 5.92. The number of ether oxygens (including phenoxy) is 2. The number of alkyl halides is 3. The standard InChI is InChI=1S/C22H21F3O3/c1-21(13-14-7-9-16(21)11-14)28-19-12-15(8-10-18(19)22(23,24)25)20(26)27-17-5-3-2-4-6-17/h2-6,8,10,12,14,16H,7,9,11,13H2,1H3. The SMILES string of the molecule is CC1(Oc2cc(C(=O)Oc3ccccc3)ccc2C(F)(F)F)CC2CCC1C2. The lowest BCUT2D eigenvalue weighted by Gasteiger charge is -2.35. The van der Waals surface area contributed by atoms with Crippen molar-refractivity contribution in [1.82, 2.24) is 0 Å². The van der Waals surface area contributed by atoms with Crippen LogP contribution in [0.3, 0.4) is 0 Å². The molecule has 2 aliphatic carbocycles. The summed E-state index contributed by atoms with van der Waals surface area (Å²) in [5.74, 6) is 0.0666. The number of esters is 1. The van der Waals surface area contributed by atoms with E-state index in [0.29, 0.717) is 11.7 Å². The van der Waals surface area contributed by atoms with Gasteiger partial charge < -0.3 is 9.47 Å². The summed E-state index contributed by atoms with van der Waals surface area (Å²) in [6.45, 7) is 1.88. The van der Waals surface area contributed by atoms with Crippen LogP contribution in [0.15, 0.2) is 48.5 Å². The first-order chi connectivity index (χ1) is 13.2. The lowest BCUT2D eigenvalue weighted by molar-refractivity contribution is -0.140. The molecule has 3 unspecified atom stereocenters. The van der Waals surface area contributed by atoms with E-state index in [1.165, 1.54) is 0 Å². The lowest BCUT2D eigenvalue weighted by Crippen LogP contribution is -2.38. The molecule has 4 rings (SSSR count). The number of carbonyl (C=O) groups is 1. The lowest BCUT2D eigenvalue weighted by atomic mass is 9.85. The molecule has 0 radical (unpaired) electrons. The van der Waals surface area contributed by atoms with Crippen LogP contribution in [0.25, 0.3) is 0 Å². The molecule has 6 heteroatoms. The quantitative estimate of drug-likeness (QED) is 0.483. The first kappa shape index (κ1) is 18.8. The summed E-state index contributed by atoms with van der Waals surface area (Å²) in [6, 6.07) is 11.6. The highest BCUT2D eigenvalue weighted by molar-refractivity contribution is 5.91. The smallest absolute Gasteiger partial charge is 0.419 e. The Kier molecular flexibility index (Phi) is 4.60. The average molecular weight is 390 g/mol. The van der Waals surface area contributed by atoms with E-state index in [9.17, 15) is 18.0 Å². The van der Waals surface area contributed by atoms with Crippen LogP contribution >= 0.6 is 0 Å². The van der Waals surface area contributed by atoms with Crippen molar-refractivity contribution < 1.29 is 27.4 Å². The van der Waals surface area contributed by atoms with E-state index >= 15 is 0 Å². The number of hydrogen-bond donors (Lipinski definition) is 0. The van der Waals surface area contributed by atoms with Gasteiger partial charge in [-0.3, -0.25) is 0 Å². The Morgan fingerprint density at radius 2 is 1.86 bits per heavy atom. The molecule has 2 aromatic carbocycles. The van der Waals surface area contributed by atoms with Gasteiger partial charge in [0.25, 0.3) is 0 Å². The summed E-state index contributed by atoms with van der Waals surface area (Å²) in [5, 5.41) is 0. The minimum absolute atomic E-state index is 0.0265. The zero-order valence-electron chi connectivity index (χ0n) is 15.5. The largest absolute Gasteiger partial charge is 0.487 e. The van der Waals surface area contributed by atoms with Gasteiger partial charge in [-0.25, -0.2) is 4.79 Å². The monoisotopic (exact) mass is 390 g/mol. The highest BCUT2D eigenvalue weighted by Gasteiger charge is 2.50. The van der Waals surface area contributed by atoms with E-state index in [0.717, 1.165) is 43.9 Å². The van der Waals surface area contributed by atoms with Crippen LogP contribution in [0, 0.1) is 11.8 Å². The molecule has 0 aliphatic heterocycles. The third kappa shape index (κ3) is 3.60. The molecule has 2 saturated carbocycles. The number of fused-ring (bicyclic) bond motifs is 2. The van der Waals surface area contributed by atoms with Crippen molar-refractivity contribution in [2.75, 3.05) is 0 Å². The second kappa shape index (κ2) is 6.83. The predicted octanol–water partition coefficient (Wildman–Crippen LogP) is 5.88. The third-order valence-corrected chi connectivity index (χ3v) is 5.92. The number of benzene rings is 2. The van der Waals surface area contributed by atoms with Crippen LogP contribution in [0.1, 0.15) is 48.5 Å². The van der Waals surface area contributed by atoms with Gasteiger partial charge in [0.15, 0.2) is 0 Å². The minimum Gasteiger partial charge on any atom is -0.487 e. The molecule has 0 amide bonds. The van der Waals surface area contributed by atoms with E-state index in [4.69, 9.17) is 9.47 Å². The Morgan fingerprint density at radius 1 is 1.11 bits per heavy atom. The number of rotatable bonds is 4. The van der Waals surface area contributed by atoms with Gasteiger partial charge in [-0.05, 0) is 74.8 Å². The van der Waals surface area contributed by atoms with Crippen molar-refractivity contribution in [2.45, 2.75) is 44.4 Å². The van der Waals surface area contributed by atoms with Crippen LogP contribution in [0.4, 0.5) is 13.2 Å². The van der Waals surface area contributed by atoms with E-state index in [2.05, 4.69) is 0 Å². The second-order valence-electron chi connectivity index (χ2n) is 7.91. The Hall–Kier alpha value is -2.50. The first-order valence-corrected chi connectivity index (χ1v) is 9.42. The Morgan fingerprint density at radius 3 is 2.46 bits per heavy atom. The van der Waals surface area contributed by atoms with Crippen molar-refractivity contribution in [2.24, 2.45) is 11.8 Å². The van der Waals surface area contributed by atoms with Crippen LogP contribution in [0.5, 0.6) is 11.5 Å². The molecule has 3 nitrogen and oxygen atoms in total. The maximum Gasteiger partial charge on any atom is 0.419 e. The van der Waals surface area contributed by atoms with Gasteiger partial charge >= 0.3 is 12.1 Å². The molecule has 148 valence electrons. The van der Waals surface area contributed by atoms with E-state index in [1.54, 1.807) is 30.3 Å². The van der Waals surface area contributed by atoms with Gasteiger partial charge in [-0.1, -0.05) is 18.2 Å². The summed E-state index contributed by atoms with van der Waals surface area (Å²) in [5.41, 5.74) is -1.48. The van der Waals surface area contributed by atoms with Gasteiger partial charge in [0, 0.05) is 0 Å². The van der Waals surface area contributed by atoms with E-state index in [-0.39, 0.29) is 17.2 Å². The zero-order valence-corrected chi connectivity index (χ0v) is 15.5. The maximum atomic E-state index is 13.5. The Bertz CT molecular complexity index is 878. The van der Waals surface area contributed by atoms with Gasteiger partial charge in [0.2, 0.25) is 0 Å². The highest BCUT2D eigenvalue weighted by atomic mass is 19.4. The molecule has 2 bridgehead atoms. The second-order valence-corrected chi connectivity index (χ2v) is 7.91. The van der Waals surface area contributed by atoms with E-state index in [1.807, 2.05) is 6.92 Å². The molecule has 3 atom stereocenters. The number of para-hydroxylation sites is 1. The van der Waals surface area contributed by atoms with Crippen LogP contribution in [0.2, 0.25) is 0 Å². The molecular formula is C22H21F3O3. The fourth-order valence-corrected chi connectivity index (χ4v) is 4.55. The topological polar surface area (TPSA) is 35.5 Å². The van der Waals surface area contributed by atoms with Crippen LogP contribution in [-0.2, 0) is 6.18 Å². The zero-order chi connectivity index (χ0) is 19.9. The summed E-state index contributed by atoms with van der Waals surface area (Å²) in [6.07, 6.45) is -0.746. The fourth-order valence-electron chi connectivity index (χ4n) is 4.55. The molecule has 0 heterocycles. The predicted molar refractivity (Wildman–Crippen MR) is 97.3 cm³/mol. The van der Waals surface area contributed by atoms with Gasteiger partial charge in [0.05, 0.1) is 11.1 Å². The van der Waals surface area contributed by atoms with Crippen molar-refractivity contribution in [1.29, 1.82) is 0 Å². The molecule has 2 aromatic rings. The Balaban J connectivity index is 1.63. The van der Waals surface area contributed by atoms with Crippen LogP contribution in [-0.4, -0.2) is 11.6 Å². The van der Waals surface area contributed by atoms with E-state index < -0.39 is 23.3 Å². The average Bonchev–Trinajstić information content (AvgIpc) is 3.22. The van der Waals surface area contributed by atoms with Gasteiger partial charge in [-0.15, -0.1) is 0 Å². The molecule has 2 aliphatic rings. The number of halogens is 3. The Labute approximate surface area is 161 Å². The number of carbonyl (C=O) groups excluding carboxylic acids is 1.